The Hall–Kier alpha value is -0.620. The van der Waals surface area contributed by atoms with Crippen LogP contribution >= 0.6 is 23.7 Å². The summed E-state index contributed by atoms with van der Waals surface area (Å²) in [7, 11) is 0. The van der Waals surface area contributed by atoms with Crippen molar-refractivity contribution in [1.82, 2.24) is 10.6 Å². The van der Waals surface area contributed by atoms with Gasteiger partial charge in [-0.25, -0.2) is 0 Å². The average Bonchev–Trinajstić information content (AvgIpc) is 2.74. The molecular formula is C12H19ClN2O2S. The van der Waals surface area contributed by atoms with Crippen LogP contribution in [-0.2, 0) is 16.1 Å². The van der Waals surface area contributed by atoms with Gasteiger partial charge in [-0.05, 0) is 23.9 Å². The average molecular weight is 291 g/mol. The second-order valence-electron chi connectivity index (χ2n) is 4.23. The number of thiophene rings is 1. The Bertz CT molecular complexity index is 378. The van der Waals surface area contributed by atoms with E-state index < -0.39 is 0 Å². The molecule has 0 saturated carbocycles. The Balaban J connectivity index is 0.00000162. The highest BCUT2D eigenvalue weighted by molar-refractivity contribution is 7.10. The molecule has 1 atom stereocenters. The molecule has 6 heteroatoms. The predicted octanol–water partition coefficient (Wildman–Crippen LogP) is 1.47. The molecule has 2 rings (SSSR count). The number of hydrogen-bond donors (Lipinski definition) is 2. The highest BCUT2D eigenvalue weighted by atomic mass is 35.5. The summed E-state index contributed by atoms with van der Waals surface area (Å²) in [5.74, 6) is 0.0841. The lowest BCUT2D eigenvalue weighted by atomic mass is 10.2. The SMILES string of the molecule is Cc1ccsc1CNC(=O)CC1COCCN1.Cl. The molecule has 1 aromatic rings. The van der Waals surface area contributed by atoms with Crippen LogP contribution < -0.4 is 10.6 Å². The zero-order valence-corrected chi connectivity index (χ0v) is 12.0. The summed E-state index contributed by atoms with van der Waals surface area (Å²) >= 11 is 1.68. The van der Waals surface area contributed by atoms with Crippen LogP contribution in [0.4, 0.5) is 0 Å². The normalized spacial score (nSPS) is 19.1. The number of amides is 1. The van der Waals surface area contributed by atoms with Gasteiger partial charge >= 0.3 is 0 Å². The maximum absolute atomic E-state index is 11.7. The minimum Gasteiger partial charge on any atom is -0.378 e. The molecule has 0 aliphatic carbocycles. The first kappa shape index (κ1) is 15.4. The van der Waals surface area contributed by atoms with E-state index in [1.165, 1.54) is 10.4 Å². The Labute approximate surface area is 118 Å². The van der Waals surface area contributed by atoms with Crippen LogP contribution in [0.1, 0.15) is 16.9 Å². The van der Waals surface area contributed by atoms with Gasteiger partial charge in [0, 0.05) is 23.9 Å². The van der Waals surface area contributed by atoms with Crippen molar-refractivity contribution in [1.29, 1.82) is 0 Å². The van der Waals surface area contributed by atoms with Crippen LogP contribution in [0.15, 0.2) is 11.4 Å². The summed E-state index contributed by atoms with van der Waals surface area (Å²) < 4.78 is 5.31. The first-order valence-corrected chi connectivity index (χ1v) is 6.74. The fourth-order valence-corrected chi connectivity index (χ4v) is 2.66. The number of carbonyl (C=O) groups excluding carboxylic acids is 1. The minimum absolute atomic E-state index is 0. The molecule has 0 radical (unpaired) electrons. The standard InChI is InChI=1S/C12H18N2O2S.ClH/c1-9-2-5-17-11(9)7-14-12(15)6-10-8-16-4-3-13-10;/h2,5,10,13H,3-4,6-8H2,1H3,(H,14,15);1H. The van der Waals surface area contributed by atoms with Gasteiger partial charge in [0.15, 0.2) is 0 Å². The molecule has 4 nitrogen and oxygen atoms in total. The van der Waals surface area contributed by atoms with Crippen LogP contribution in [0.25, 0.3) is 0 Å². The molecule has 18 heavy (non-hydrogen) atoms. The first-order valence-electron chi connectivity index (χ1n) is 5.86. The van der Waals surface area contributed by atoms with Crippen LogP contribution in [0.3, 0.4) is 0 Å². The lowest BCUT2D eigenvalue weighted by Gasteiger charge is -2.23. The zero-order chi connectivity index (χ0) is 12.1. The Morgan fingerprint density at radius 1 is 1.67 bits per heavy atom. The molecule has 0 spiro atoms. The second kappa shape index (κ2) is 7.74. The number of aryl methyl sites for hydroxylation is 1. The van der Waals surface area contributed by atoms with Crippen LogP contribution in [0, 0.1) is 6.92 Å². The lowest BCUT2D eigenvalue weighted by Crippen LogP contribution is -2.44. The van der Waals surface area contributed by atoms with Crippen LogP contribution in [0.2, 0.25) is 0 Å². The van der Waals surface area contributed by atoms with E-state index in [4.69, 9.17) is 4.74 Å². The molecule has 1 aliphatic rings. The van der Waals surface area contributed by atoms with E-state index in [2.05, 4.69) is 23.6 Å². The molecule has 1 aliphatic heterocycles. The zero-order valence-electron chi connectivity index (χ0n) is 10.4. The minimum atomic E-state index is 0. The Kier molecular flexibility index (Phi) is 6.63. The topological polar surface area (TPSA) is 50.4 Å². The van der Waals surface area contributed by atoms with Gasteiger partial charge in [0.1, 0.15) is 0 Å². The number of nitrogens with one attached hydrogen (secondary N) is 2. The quantitative estimate of drug-likeness (QED) is 0.883. The van der Waals surface area contributed by atoms with Crippen molar-refractivity contribution in [2.24, 2.45) is 0 Å². The molecule has 2 heterocycles. The number of ether oxygens (including phenoxy) is 1. The number of hydrogen-bond acceptors (Lipinski definition) is 4. The summed E-state index contributed by atoms with van der Waals surface area (Å²) in [6.45, 7) is 4.91. The number of morpholine rings is 1. The third kappa shape index (κ3) is 4.57. The summed E-state index contributed by atoms with van der Waals surface area (Å²) in [6.07, 6.45) is 0.490. The van der Waals surface area contributed by atoms with E-state index in [9.17, 15) is 4.79 Å². The Morgan fingerprint density at radius 3 is 3.11 bits per heavy atom. The molecule has 1 fully saturated rings. The molecule has 0 aromatic carbocycles. The maximum atomic E-state index is 11.7. The van der Waals surface area contributed by atoms with Gasteiger partial charge in [0.05, 0.1) is 19.8 Å². The highest BCUT2D eigenvalue weighted by Crippen LogP contribution is 2.14. The van der Waals surface area contributed by atoms with Gasteiger partial charge in [-0.1, -0.05) is 0 Å². The van der Waals surface area contributed by atoms with Crippen molar-refractivity contribution < 1.29 is 9.53 Å². The Morgan fingerprint density at radius 2 is 2.50 bits per heavy atom. The summed E-state index contributed by atoms with van der Waals surface area (Å²) in [6, 6.07) is 2.23. The second-order valence-corrected chi connectivity index (χ2v) is 5.23. The van der Waals surface area contributed by atoms with Crippen molar-refractivity contribution in [3.63, 3.8) is 0 Å². The van der Waals surface area contributed by atoms with Crippen LogP contribution in [0.5, 0.6) is 0 Å². The molecule has 1 amide bonds. The van der Waals surface area contributed by atoms with E-state index in [0.717, 1.165) is 13.2 Å². The van der Waals surface area contributed by atoms with E-state index in [-0.39, 0.29) is 24.4 Å². The fraction of sp³-hybridized carbons (Fsp3) is 0.583. The molecule has 1 unspecified atom stereocenters. The fourth-order valence-electron chi connectivity index (χ4n) is 1.81. The van der Waals surface area contributed by atoms with Crippen LogP contribution in [-0.4, -0.2) is 31.7 Å². The van der Waals surface area contributed by atoms with Gasteiger partial charge in [0.25, 0.3) is 0 Å². The van der Waals surface area contributed by atoms with Gasteiger partial charge < -0.3 is 15.4 Å². The van der Waals surface area contributed by atoms with Gasteiger partial charge in [-0.3, -0.25) is 4.79 Å². The summed E-state index contributed by atoms with van der Waals surface area (Å²) in [4.78, 5) is 12.9. The molecule has 2 N–H and O–H groups in total. The van der Waals surface area contributed by atoms with Crippen molar-refractivity contribution in [2.45, 2.75) is 25.9 Å². The first-order chi connectivity index (χ1) is 8.25. The number of halogens is 1. The number of rotatable bonds is 4. The largest absolute Gasteiger partial charge is 0.378 e. The molecular weight excluding hydrogens is 272 g/mol. The predicted molar refractivity (Wildman–Crippen MR) is 75.4 cm³/mol. The van der Waals surface area contributed by atoms with Gasteiger partial charge in [-0.2, -0.15) is 0 Å². The molecule has 1 saturated heterocycles. The summed E-state index contributed by atoms with van der Waals surface area (Å²) in [5, 5.41) is 8.27. The molecule has 102 valence electrons. The van der Waals surface area contributed by atoms with Gasteiger partial charge in [0.2, 0.25) is 5.91 Å². The highest BCUT2D eigenvalue weighted by Gasteiger charge is 2.16. The smallest absolute Gasteiger partial charge is 0.221 e. The molecule has 0 bridgehead atoms. The third-order valence-electron chi connectivity index (χ3n) is 2.84. The van der Waals surface area contributed by atoms with Crippen molar-refractivity contribution in [3.05, 3.63) is 21.9 Å². The van der Waals surface area contributed by atoms with E-state index >= 15 is 0 Å². The van der Waals surface area contributed by atoms with E-state index in [0.29, 0.717) is 19.6 Å². The monoisotopic (exact) mass is 290 g/mol. The summed E-state index contributed by atoms with van der Waals surface area (Å²) in [5.41, 5.74) is 1.24. The van der Waals surface area contributed by atoms with E-state index in [1.807, 2.05) is 5.38 Å². The lowest BCUT2D eigenvalue weighted by molar-refractivity contribution is -0.122. The van der Waals surface area contributed by atoms with E-state index in [1.54, 1.807) is 11.3 Å². The number of carbonyl (C=O) groups is 1. The van der Waals surface area contributed by atoms with Crippen molar-refractivity contribution in [2.75, 3.05) is 19.8 Å². The molecule has 1 aromatic heterocycles. The van der Waals surface area contributed by atoms with Gasteiger partial charge in [-0.15, -0.1) is 23.7 Å². The van der Waals surface area contributed by atoms with Crippen molar-refractivity contribution in [3.8, 4) is 0 Å². The maximum Gasteiger partial charge on any atom is 0.221 e. The third-order valence-corrected chi connectivity index (χ3v) is 3.87. The van der Waals surface area contributed by atoms with Crippen molar-refractivity contribution >= 4 is 29.7 Å².